The number of anilines is 1. The summed E-state index contributed by atoms with van der Waals surface area (Å²) in [6, 6.07) is 13.2. The van der Waals surface area contributed by atoms with Crippen molar-refractivity contribution in [1.82, 2.24) is 0 Å². The van der Waals surface area contributed by atoms with Crippen molar-refractivity contribution < 1.29 is 24.2 Å². The minimum Gasteiger partial charge on any atom is -0.508 e. The van der Waals surface area contributed by atoms with Gasteiger partial charge in [0.15, 0.2) is 11.5 Å². The number of rotatable bonds is 7. The van der Waals surface area contributed by atoms with Gasteiger partial charge in [-0.1, -0.05) is 12.1 Å². The molecule has 2 N–H and O–H groups in total. The van der Waals surface area contributed by atoms with Crippen LogP contribution in [0.4, 0.5) is 11.4 Å². The molecule has 0 saturated carbocycles. The molecule has 3 aromatic carbocycles. The second-order valence-corrected chi connectivity index (χ2v) is 8.95. The van der Waals surface area contributed by atoms with Gasteiger partial charge in [0, 0.05) is 34.5 Å². The number of allylic oxidation sites excluding steroid dienone is 1. The van der Waals surface area contributed by atoms with Crippen molar-refractivity contribution in [3.63, 3.8) is 0 Å². The summed E-state index contributed by atoms with van der Waals surface area (Å²) in [6.45, 7) is 6.37. The summed E-state index contributed by atoms with van der Waals surface area (Å²) < 4.78 is 17.1. The molecule has 0 atom stereocenters. The van der Waals surface area contributed by atoms with Crippen molar-refractivity contribution in [1.29, 1.82) is 0 Å². The Morgan fingerprint density at radius 3 is 2.37 bits per heavy atom. The SMILES string of the molecule is COc1ccc([N+](=O)[O-])cc1OCc1c(-c2ccc(O)cc2OC)ccc2c1C(C)=CC(C)(C)N2. The fourth-order valence-electron chi connectivity index (χ4n) is 4.55. The highest BCUT2D eigenvalue weighted by Gasteiger charge is 2.27. The van der Waals surface area contributed by atoms with Crippen LogP contribution in [0.1, 0.15) is 31.9 Å². The molecular weight excluding hydrogens is 448 g/mol. The highest BCUT2D eigenvalue weighted by atomic mass is 16.6. The van der Waals surface area contributed by atoms with Crippen molar-refractivity contribution in [2.75, 3.05) is 19.5 Å². The minimum atomic E-state index is -0.470. The van der Waals surface area contributed by atoms with Crippen LogP contribution in [0.3, 0.4) is 0 Å². The van der Waals surface area contributed by atoms with Gasteiger partial charge in [0.2, 0.25) is 0 Å². The lowest BCUT2D eigenvalue weighted by atomic mass is 9.85. The summed E-state index contributed by atoms with van der Waals surface area (Å²) in [5.74, 6) is 1.29. The van der Waals surface area contributed by atoms with E-state index in [-0.39, 0.29) is 29.3 Å². The molecule has 3 aromatic rings. The maximum Gasteiger partial charge on any atom is 0.273 e. The molecule has 0 aromatic heterocycles. The molecule has 0 unspecified atom stereocenters. The van der Waals surface area contributed by atoms with Crippen LogP contribution >= 0.6 is 0 Å². The van der Waals surface area contributed by atoms with Gasteiger partial charge in [-0.05, 0) is 56.2 Å². The maximum absolute atomic E-state index is 11.3. The molecule has 8 heteroatoms. The summed E-state index contributed by atoms with van der Waals surface area (Å²) in [5.41, 5.74) is 5.23. The molecule has 182 valence electrons. The normalized spacial score (nSPS) is 13.8. The van der Waals surface area contributed by atoms with E-state index in [9.17, 15) is 15.2 Å². The number of phenols is 1. The summed E-state index contributed by atoms with van der Waals surface area (Å²) in [5, 5.41) is 24.8. The third-order valence-corrected chi connectivity index (χ3v) is 5.95. The zero-order valence-electron chi connectivity index (χ0n) is 20.3. The fraction of sp³-hybridized carbons (Fsp3) is 0.259. The first-order chi connectivity index (χ1) is 16.6. The Bertz CT molecular complexity index is 1330. The Kier molecular flexibility index (Phi) is 6.30. The monoisotopic (exact) mass is 476 g/mol. The number of ether oxygens (including phenoxy) is 3. The molecule has 1 aliphatic rings. The van der Waals surface area contributed by atoms with Gasteiger partial charge in [-0.25, -0.2) is 0 Å². The molecule has 1 aliphatic heterocycles. The molecule has 4 rings (SSSR count). The average molecular weight is 477 g/mol. The van der Waals surface area contributed by atoms with Crippen molar-refractivity contribution in [2.24, 2.45) is 0 Å². The highest BCUT2D eigenvalue weighted by Crippen LogP contribution is 2.44. The lowest BCUT2D eigenvalue weighted by Crippen LogP contribution is -2.32. The van der Waals surface area contributed by atoms with E-state index >= 15 is 0 Å². The first-order valence-electron chi connectivity index (χ1n) is 11.1. The molecule has 1 heterocycles. The van der Waals surface area contributed by atoms with E-state index in [1.807, 2.05) is 12.1 Å². The van der Waals surface area contributed by atoms with Gasteiger partial charge in [0.25, 0.3) is 5.69 Å². The molecular formula is C27H28N2O6. The van der Waals surface area contributed by atoms with Gasteiger partial charge in [-0.3, -0.25) is 10.1 Å². The van der Waals surface area contributed by atoms with Crippen LogP contribution in [0.25, 0.3) is 16.7 Å². The second-order valence-electron chi connectivity index (χ2n) is 8.95. The Morgan fingerprint density at radius 1 is 0.971 bits per heavy atom. The number of phenolic OH excluding ortho intramolecular Hbond substituents is 1. The van der Waals surface area contributed by atoms with E-state index in [4.69, 9.17) is 14.2 Å². The molecule has 0 radical (unpaired) electrons. The minimum absolute atomic E-state index is 0.0872. The number of fused-ring (bicyclic) bond motifs is 1. The summed E-state index contributed by atoms with van der Waals surface area (Å²) in [6.07, 6.45) is 2.16. The Morgan fingerprint density at radius 2 is 1.69 bits per heavy atom. The van der Waals surface area contributed by atoms with Gasteiger partial charge in [0.1, 0.15) is 18.1 Å². The number of hydrogen-bond donors (Lipinski definition) is 2. The van der Waals surface area contributed by atoms with E-state index in [0.717, 1.165) is 33.5 Å². The molecule has 0 bridgehead atoms. The Labute approximate surface area is 203 Å². The topological polar surface area (TPSA) is 103 Å². The van der Waals surface area contributed by atoms with Crippen molar-refractivity contribution in [3.05, 3.63) is 75.8 Å². The lowest BCUT2D eigenvalue weighted by molar-refractivity contribution is -0.385. The van der Waals surface area contributed by atoms with Gasteiger partial charge in [-0.2, -0.15) is 0 Å². The standard InChI is InChI=1S/C27H28N2O6/c1-16-14-27(2,3)28-22-10-9-19(20-8-7-18(30)13-24(20)34-5)21(26(16)22)15-35-25-12-17(29(31)32)6-11-23(25)33-4/h6-14,28,30H,15H2,1-5H3. The quantitative estimate of drug-likeness (QED) is 0.310. The third kappa shape index (κ3) is 4.73. The van der Waals surface area contributed by atoms with Crippen LogP contribution in [0, 0.1) is 10.1 Å². The van der Waals surface area contributed by atoms with Crippen LogP contribution in [-0.2, 0) is 6.61 Å². The molecule has 0 fully saturated rings. The number of nitrogens with zero attached hydrogens (tertiary/aromatic N) is 1. The first-order valence-corrected chi connectivity index (χ1v) is 11.1. The zero-order chi connectivity index (χ0) is 25.3. The molecule has 0 aliphatic carbocycles. The van der Waals surface area contributed by atoms with Crippen molar-refractivity contribution in [3.8, 4) is 34.1 Å². The van der Waals surface area contributed by atoms with E-state index in [0.29, 0.717) is 11.5 Å². The predicted octanol–water partition coefficient (Wildman–Crippen LogP) is 6.17. The largest absolute Gasteiger partial charge is 0.508 e. The van der Waals surface area contributed by atoms with Crippen LogP contribution in [0.2, 0.25) is 0 Å². The number of non-ortho nitro benzene ring substituents is 1. The van der Waals surface area contributed by atoms with Gasteiger partial charge >= 0.3 is 0 Å². The predicted molar refractivity (Wildman–Crippen MR) is 135 cm³/mol. The zero-order valence-corrected chi connectivity index (χ0v) is 20.3. The van der Waals surface area contributed by atoms with Crippen molar-refractivity contribution in [2.45, 2.75) is 32.9 Å². The number of aromatic hydroxyl groups is 1. The van der Waals surface area contributed by atoms with Crippen molar-refractivity contribution >= 4 is 16.9 Å². The van der Waals surface area contributed by atoms with Crippen LogP contribution in [-0.4, -0.2) is 29.8 Å². The first kappa shape index (κ1) is 23.9. The molecule has 8 nitrogen and oxygen atoms in total. The van der Waals surface area contributed by atoms with Gasteiger partial charge < -0.3 is 24.6 Å². The second kappa shape index (κ2) is 9.21. The van der Waals surface area contributed by atoms with Crippen LogP contribution < -0.4 is 19.5 Å². The number of nitro benzene ring substituents is 1. The third-order valence-electron chi connectivity index (χ3n) is 5.95. The number of hydrogen-bond acceptors (Lipinski definition) is 7. The highest BCUT2D eigenvalue weighted by molar-refractivity contribution is 5.88. The fourth-order valence-corrected chi connectivity index (χ4v) is 4.55. The van der Waals surface area contributed by atoms with Crippen LogP contribution in [0.15, 0.2) is 54.6 Å². The Balaban J connectivity index is 1.87. The summed E-state index contributed by atoms with van der Waals surface area (Å²) in [4.78, 5) is 10.8. The lowest BCUT2D eigenvalue weighted by Gasteiger charge is -2.33. The number of methoxy groups -OCH3 is 2. The van der Waals surface area contributed by atoms with E-state index in [2.05, 4.69) is 32.2 Å². The maximum atomic E-state index is 11.3. The number of benzene rings is 3. The van der Waals surface area contributed by atoms with Gasteiger partial charge in [-0.15, -0.1) is 0 Å². The molecule has 0 saturated heterocycles. The van der Waals surface area contributed by atoms with Gasteiger partial charge in [0.05, 0.1) is 30.7 Å². The molecule has 0 amide bonds. The van der Waals surface area contributed by atoms with E-state index in [1.165, 1.54) is 25.3 Å². The van der Waals surface area contributed by atoms with Crippen LogP contribution in [0.5, 0.6) is 23.0 Å². The smallest absolute Gasteiger partial charge is 0.273 e. The number of nitro groups is 1. The van der Waals surface area contributed by atoms with E-state index in [1.54, 1.807) is 25.3 Å². The Hall–Kier alpha value is -4.20. The number of nitrogens with one attached hydrogen (secondary N) is 1. The molecule has 35 heavy (non-hydrogen) atoms. The molecule has 0 spiro atoms. The average Bonchev–Trinajstić information content (AvgIpc) is 2.81. The summed E-state index contributed by atoms with van der Waals surface area (Å²) in [7, 11) is 3.04. The summed E-state index contributed by atoms with van der Waals surface area (Å²) >= 11 is 0. The van der Waals surface area contributed by atoms with E-state index < -0.39 is 4.92 Å².